The molecule has 0 fully saturated rings. The first-order valence-electron chi connectivity index (χ1n) is 10.3. The van der Waals surface area contributed by atoms with Crippen molar-refractivity contribution in [3.8, 4) is 11.1 Å². The van der Waals surface area contributed by atoms with Gasteiger partial charge in [0.25, 0.3) is 12.0 Å². The molecular weight excluding hydrogens is 376 g/mol. The second kappa shape index (κ2) is 7.35. The molecule has 0 bridgehead atoms. The van der Waals surface area contributed by atoms with Crippen LogP contribution in [-0.4, -0.2) is 36.3 Å². The molecule has 0 unspecified atom stereocenters. The molecule has 0 aromatic heterocycles. The van der Waals surface area contributed by atoms with Crippen molar-refractivity contribution in [2.24, 2.45) is 9.98 Å². The minimum atomic E-state index is -0.216. The fourth-order valence-corrected chi connectivity index (χ4v) is 3.73. The van der Waals surface area contributed by atoms with Gasteiger partial charge in [-0.25, -0.2) is 9.98 Å². The van der Waals surface area contributed by atoms with Crippen molar-refractivity contribution in [1.29, 1.82) is 0 Å². The van der Waals surface area contributed by atoms with Gasteiger partial charge in [-0.05, 0) is 64.8 Å². The summed E-state index contributed by atoms with van der Waals surface area (Å²) in [5, 5.41) is 6.81. The predicted octanol–water partition coefficient (Wildman–Crippen LogP) is 5.12. The number of nitrogens with zero attached hydrogens (tertiary/aromatic N) is 2. The average molecular weight is 407 g/mol. The predicted molar refractivity (Wildman–Crippen MR) is 124 cm³/mol. The fraction of sp³-hybridized carbons (Fsp3) is 0.417. The number of benzene rings is 2. The number of rotatable bonds is 3. The number of anilines is 2. The Morgan fingerprint density at radius 2 is 1.10 bits per heavy atom. The van der Waals surface area contributed by atoms with Crippen LogP contribution in [0, 0.1) is 13.8 Å². The van der Waals surface area contributed by atoms with Crippen molar-refractivity contribution in [3.05, 3.63) is 47.5 Å². The van der Waals surface area contributed by atoms with Gasteiger partial charge in [0.1, 0.15) is 13.2 Å². The average Bonchev–Trinajstić information content (AvgIpc) is 3.17. The molecule has 2 aliphatic heterocycles. The van der Waals surface area contributed by atoms with Crippen LogP contribution in [0.3, 0.4) is 0 Å². The zero-order valence-electron chi connectivity index (χ0n) is 18.6. The molecule has 2 aliphatic rings. The number of aliphatic imine (C=N–C) groups is 2. The summed E-state index contributed by atoms with van der Waals surface area (Å²) in [5.41, 5.74) is 6.00. The minimum Gasteiger partial charge on any atom is -0.462 e. The highest BCUT2D eigenvalue weighted by Crippen LogP contribution is 2.39. The number of nitrogens with one attached hydrogen (secondary N) is 2. The summed E-state index contributed by atoms with van der Waals surface area (Å²) in [6.07, 6.45) is 0. The van der Waals surface area contributed by atoms with E-state index in [0.29, 0.717) is 25.3 Å². The maximum Gasteiger partial charge on any atom is 0.289 e. The first kappa shape index (κ1) is 20.3. The lowest BCUT2D eigenvalue weighted by Crippen LogP contribution is -2.17. The van der Waals surface area contributed by atoms with Gasteiger partial charge in [0, 0.05) is 11.1 Å². The monoisotopic (exact) mass is 406 g/mol. The van der Waals surface area contributed by atoms with E-state index >= 15 is 0 Å². The zero-order chi connectivity index (χ0) is 21.5. The molecule has 0 atom stereocenters. The highest BCUT2D eigenvalue weighted by molar-refractivity contribution is 6.02. The Labute approximate surface area is 178 Å². The van der Waals surface area contributed by atoms with Crippen molar-refractivity contribution in [2.75, 3.05) is 23.8 Å². The SMILES string of the molecule is Cc1cccc(NC2=NC(C)(C)CO2)c1-c1c(C)cccc1NC1=NC(C)(C)CO1. The first-order chi connectivity index (χ1) is 14.1. The summed E-state index contributed by atoms with van der Waals surface area (Å²) in [6, 6.07) is 13.5. The van der Waals surface area contributed by atoms with E-state index in [0.717, 1.165) is 33.6 Å². The summed E-state index contributed by atoms with van der Waals surface area (Å²) in [5.74, 6) is 0. The Morgan fingerprint density at radius 1 is 0.700 bits per heavy atom. The Morgan fingerprint density at radius 3 is 1.43 bits per heavy atom. The fourth-order valence-electron chi connectivity index (χ4n) is 3.73. The molecule has 158 valence electrons. The van der Waals surface area contributed by atoms with Gasteiger partial charge in [0.2, 0.25) is 0 Å². The molecule has 2 aromatic rings. The largest absolute Gasteiger partial charge is 0.462 e. The number of hydrogen-bond acceptors (Lipinski definition) is 6. The molecule has 0 aliphatic carbocycles. The van der Waals surface area contributed by atoms with Crippen LogP contribution in [0.15, 0.2) is 46.4 Å². The van der Waals surface area contributed by atoms with Crippen molar-refractivity contribution in [1.82, 2.24) is 0 Å². The molecule has 0 radical (unpaired) electrons. The Hall–Kier alpha value is -3.02. The highest BCUT2D eigenvalue weighted by atomic mass is 16.5. The molecule has 0 saturated carbocycles. The van der Waals surface area contributed by atoms with Gasteiger partial charge in [-0.1, -0.05) is 24.3 Å². The summed E-state index contributed by atoms with van der Waals surface area (Å²) < 4.78 is 11.6. The van der Waals surface area contributed by atoms with Gasteiger partial charge in [0.15, 0.2) is 0 Å². The standard InChI is InChI=1S/C24H30N4O2/c1-15-9-7-11-17(25-21-27-23(3,4)13-29-21)19(15)20-16(2)10-8-12-18(20)26-22-28-24(5,6)14-30-22/h7-12H,13-14H2,1-6H3,(H,25,27)(H,26,28). The van der Waals surface area contributed by atoms with Crippen LogP contribution in [0.2, 0.25) is 0 Å². The van der Waals surface area contributed by atoms with E-state index < -0.39 is 0 Å². The van der Waals surface area contributed by atoms with Crippen LogP contribution in [0.5, 0.6) is 0 Å². The number of ether oxygens (including phenoxy) is 2. The van der Waals surface area contributed by atoms with Gasteiger partial charge in [0.05, 0.1) is 22.5 Å². The first-order valence-corrected chi connectivity index (χ1v) is 10.3. The van der Waals surface area contributed by atoms with Gasteiger partial charge in [-0.15, -0.1) is 0 Å². The van der Waals surface area contributed by atoms with E-state index in [1.54, 1.807) is 0 Å². The maximum absolute atomic E-state index is 5.78. The normalized spacial score (nSPS) is 18.9. The smallest absolute Gasteiger partial charge is 0.289 e. The summed E-state index contributed by atoms with van der Waals surface area (Å²) in [4.78, 5) is 9.31. The lowest BCUT2D eigenvalue weighted by molar-refractivity contribution is 0.278. The van der Waals surface area contributed by atoms with Crippen LogP contribution in [0.4, 0.5) is 11.4 Å². The molecule has 6 heteroatoms. The molecule has 4 rings (SSSR count). The van der Waals surface area contributed by atoms with Crippen molar-refractivity contribution in [3.63, 3.8) is 0 Å². The van der Waals surface area contributed by atoms with E-state index in [-0.39, 0.29) is 11.1 Å². The van der Waals surface area contributed by atoms with Gasteiger partial charge in [-0.3, -0.25) is 0 Å². The highest BCUT2D eigenvalue weighted by Gasteiger charge is 2.29. The third kappa shape index (κ3) is 4.13. The molecule has 30 heavy (non-hydrogen) atoms. The van der Waals surface area contributed by atoms with Crippen molar-refractivity contribution < 1.29 is 9.47 Å². The second-order valence-electron chi connectivity index (χ2n) is 9.28. The zero-order valence-corrected chi connectivity index (χ0v) is 18.6. The van der Waals surface area contributed by atoms with Crippen LogP contribution in [0.1, 0.15) is 38.8 Å². The van der Waals surface area contributed by atoms with Crippen molar-refractivity contribution in [2.45, 2.75) is 52.6 Å². The molecule has 2 N–H and O–H groups in total. The van der Waals surface area contributed by atoms with Crippen LogP contribution < -0.4 is 10.6 Å². The quantitative estimate of drug-likeness (QED) is 0.742. The lowest BCUT2D eigenvalue weighted by atomic mass is 9.93. The van der Waals surface area contributed by atoms with Crippen LogP contribution in [-0.2, 0) is 9.47 Å². The minimum absolute atomic E-state index is 0.216. The molecule has 6 nitrogen and oxygen atoms in total. The summed E-state index contributed by atoms with van der Waals surface area (Å²) >= 11 is 0. The molecule has 0 saturated heterocycles. The Balaban J connectivity index is 1.76. The van der Waals surface area contributed by atoms with E-state index in [9.17, 15) is 0 Å². The number of aryl methyl sites for hydroxylation is 2. The third-order valence-corrected chi connectivity index (χ3v) is 5.21. The van der Waals surface area contributed by atoms with Crippen LogP contribution >= 0.6 is 0 Å². The van der Waals surface area contributed by atoms with Gasteiger partial charge in [-0.2, -0.15) is 0 Å². The second-order valence-corrected chi connectivity index (χ2v) is 9.28. The van der Waals surface area contributed by atoms with Crippen molar-refractivity contribution >= 4 is 23.4 Å². The Bertz CT molecular complexity index is 954. The van der Waals surface area contributed by atoms with E-state index in [1.165, 1.54) is 0 Å². The topological polar surface area (TPSA) is 67.2 Å². The van der Waals surface area contributed by atoms with Gasteiger partial charge < -0.3 is 20.1 Å². The molecule has 0 spiro atoms. The number of hydrogen-bond donors (Lipinski definition) is 2. The maximum atomic E-state index is 5.78. The molecule has 2 heterocycles. The molecule has 0 amide bonds. The van der Waals surface area contributed by atoms with E-state index in [4.69, 9.17) is 9.47 Å². The van der Waals surface area contributed by atoms with Crippen LogP contribution in [0.25, 0.3) is 11.1 Å². The molecule has 2 aromatic carbocycles. The number of amidine groups is 2. The van der Waals surface area contributed by atoms with E-state index in [1.807, 2.05) is 12.1 Å². The summed E-state index contributed by atoms with van der Waals surface area (Å²) in [7, 11) is 0. The van der Waals surface area contributed by atoms with E-state index in [2.05, 4.69) is 86.4 Å². The van der Waals surface area contributed by atoms with Gasteiger partial charge >= 0.3 is 0 Å². The third-order valence-electron chi connectivity index (χ3n) is 5.21. The summed E-state index contributed by atoms with van der Waals surface area (Å²) in [6.45, 7) is 13.6. The lowest BCUT2D eigenvalue weighted by Gasteiger charge is -2.20. The molecular formula is C24H30N4O2. The Kier molecular flexibility index (Phi) is 4.96.